The van der Waals surface area contributed by atoms with Crippen LogP contribution in [0.25, 0.3) is 0 Å². The zero-order valence-electron chi connectivity index (χ0n) is 17.3. The van der Waals surface area contributed by atoms with E-state index in [0.717, 1.165) is 19.6 Å². The van der Waals surface area contributed by atoms with E-state index in [4.69, 9.17) is 16.3 Å². The second-order valence-electron chi connectivity index (χ2n) is 7.62. The van der Waals surface area contributed by atoms with Gasteiger partial charge in [0.25, 0.3) is 5.91 Å². The molecule has 3 rings (SSSR count). The lowest BCUT2D eigenvalue weighted by Crippen LogP contribution is -2.56. The van der Waals surface area contributed by atoms with Gasteiger partial charge in [-0.2, -0.15) is 0 Å². The molecule has 0 bridgehead atoms. The highest BCUT2D eigenvalue weighted by atomic mass is 35.5. The van der Waals surface area contributed by atoms with E-state index in [2.05, 4.69) is 10.2 Å². The molecule has 1 aliphatic heterocycles. The summed E-state index contributed by atoms with van der Waals surface area (Å²) in [5.41, 5.74) is 0. The van der Waals surface area contributed by atoms with Gasteiger partial charge < -0.3 is 15.0 Å². The number of para-hydroxylation sites is 1. The highest BCUT2D eigenvalue weighted by Crippen LogP contribution is 2.23. The van der Waals surface area contributed by atoms with Gasteiger partial charge in [-0.3, -0.25) is 14.5 Å². The van der Waals surface area contributed by atoms with Crippen LogP contribution in [0.2, 0.25) is 5.02 Å². The smallest absolute Gasteiger partial charge is 0.262 e. The first-order valence-electron chi connectivity index (χ1n) is 10.2. The number of piperazine rings is 1. The molecule has 2 heterocycles. The zero-order chi connectivity index (χ0) is 21.5. The number of nitrogens with one attached hydrogen (secondary N) is 1. The maximum atomic E-state index is 13.0. The van der Waals surface area contributed by atoms with Gasteiger partial charge in [0.05, 0.1) is 9.90 Å². The van der Waals surface area contributed by atoms with Gasteiger partial charge >= 0.3 is 0 Å². The predicted molar refractivity (Wildman–Crippen MR) is 120 cm³/mol. The molecule has 1 aromatic heterocycles. The Hall–Kier alpha value is -2.09. The molecule has 1 atom stereocenters. The number of hydrogen-bond acceptors (Lipinski definition) is 5. The Morgan fingerprint density at radius 2 is 1.87 bits per heavy atom. The molecule has 6 nitrogen and oxygen atoms in total. The predicted octanol–water partition coefficient (Wildman–Crippen LogP) is 3.38. The van der Waals surface area contributed by atoms with Gasteiger partial charge in [-0.1, -0.05) is 43.6 Å². The van der Waals surface area contributed by atoms with Crippen LogP contribution in [0, 0.1) is 5.92 Å². The third-order valence-electron chi connectivity index (χ3n) is 5.15. The van der Waals surface area contributed by atoms with Gasteiger partial charge in [-0.05, 0) is 29.5 Å². The molecule has 1 N–H and O–H groups in total. The van der Waals surface area contributed by atoms with E-state index in [1.807, 2.05) is 54.5 Å². The van der Waals surface area contributed by atoms with E-state index in [-0.39, 0.29) is 17.7 Å². The van der Waals surface area contributed by atoms with Gasteiger partial charge in [0, 0.05) is 32.7 Å². The minimum Gasteiger partial charge on any atom is -0.491 e. The zero-order valence-corrected chi connectivity index (χ0v) is 18.9. The number of benzene rings is 1. The lowest BCUT2D eigenvalue weighted by Gasteiger charge is -2.37. The normalized spacial score (nSPS) is 15.8. The summed E-state index contributed by atoms with van der Waals surface area (Å²) in [4.78, 5) is 30.2. The van der Waals surface area contributed by atoms with Crippen molar-refractivity contribution in [3.8, 4) is 5.75 Å². The SMILES string of the molecule is CC(C)[C@@H](NC(=O)c1cccs1)C(=O)N1CCN(CCOc2ccccc2Cl)CC1. The van der Waals surface area contributed by atoms with Crippen LogP contribution < -0.4 is 10.1 Å². The van der Waals surface area contributed by atoms with Crippen LogP contribution in [0.5, 0.6) is 5.75 Å². The van der Waals surface area contributed by atoms with Crippen molar-refractivity contribution >= 4 is 34.8 Å². The van der Waals surface area contributed by atoms with Crippen molar-refractivity contribution in [2.75, 3.05) is 39.3 Å². The molecule has 2 amide bonds. The molecular formula is C22H28ClN3O3S. The number of ether oxygens (including phenoxy) is 1. The first kappa shape index (κ1) is 22.6. The minimum absolute atomic E-state index is 0.0122. The highest BCUT2D eigenvalue weighted by Gasteiger charge is 2.31. The summed E-state index contributed by atoms with van der Waals surface area (Å²) in [5, 5.41) is 5.38. The average Bonchev–Trinajstić information content (AvgIpc) is 3.28. The van der Waals surface area contributed by atoms with Crippen molar-refractivity contribution in [2.45, 2.75) is 19.9 Å². The number of nitrogens with zero attached hydrogens (tertiary/aromatic N) is 2. The third-order valence-corrected chi connectivity index (χ3v) is 6.33. The molecule has 0 spiro atoms. The number of carbonyl (C=O) groups is 2. The molecular weight excluding hydrogens is 422 g/mol. The molecule has 8 heteroatoms. The Morgan fingerprint density at radius 3 is 2.50 bits per heavy atom. The molecule has 0 saturated carbocycles. The maximum absolute atomic E-state index is 13.0. The highest BCUT2D eigenvalue weighted by molar-refractivity contribution is 7.12. The van der Waals surface area contributed by atoms with Crippen molar-refractivity contribution in [2.24, 2.45) is 5.92 Å². The molecule has 1 saturated heterocycles. The lowest BCUT2D eigenvalue weighted by atomic mass is 10.0. The van der Waals surface area contributed by atoms with Crippen LogP contribution in [0.15, 0.2) is 41.8 Å². The van der Waals surface area contributed by atoms with Crippen LogP contribution in [-0.4, -0.2) is 67.0 Å². The summed E-state index contributed by atoms with van der Waals surface area (Å²) in [6.07, 6.45) is 0. The number of thiophene rings is 1. The van der Waals surface area contributed by atoms with Gasteiger partial charge in [0.2, 0.25) is 5.91 Å². The Kier molecular flexibility index (Phi) is 8.13. The number of rotatable bonds is 8. The second kappa shape index (κ2) is 10.8. The first-order chi connectivity index (χ1) is 14.5. The Labute approximate surface area is 186 Å². The molecule has 0 radical (unpaired) electrons. The fourth-order valence-electron chi connectivity index (χ4n) is 3.37. The maximum Gasteiger partial charge on any atom is 0.262 e. The third kappa shape index (κ3) is 5.97. The van der Waals surface area contributed by atoms with E-state index in [9.17, 15) is 9.59 Å². The summed E-state index contributed by atoms with van der Waals surface area (Å²) in [6.45, 7) is 8.08. The van der Waals surface area contributed by atoms with Gasteiger partial charge in [-0.15, -0.1) is 11.3 Å². The van der Waals surface area contributed by atoms with Crippen LogP contribution in [0.4, 0.5) is 0 Å². The number of halogens is 1. The second-order valence-corrected chi connectivity index (χ2v) is 8.97. The standard InChI is InChI=1S/C22H28ClN3O3S/c1-16(2)20(24-21(27)19-8-5-15-30-19)22(28)26-11-9-25(10-12-26)13-14-29-18-7-4-3-6-17(18)23/h3-8,15-16,20H,9-14H2,1-2H3,(H,24,27)/t20-/m1/s1. The molecule has 162 valence electrons. The summed E-state index contributed by atoms with van der Waals surface area (Å²) in [6, 6.07) is 10.5. The van der Waals surface area contributed by atoms with E-state index in [1.165, 1.54) is 11.3 Å². The summed E-state index contributed by atoms with van der Waals surface area (Å²) >= 11 is 7.49. The van der Waals surface area contributed by atoms with Crippen LogP contribution in [0.3, 0.4) is 0 Å². The Balaban J connectivity index is 1.46. The summed E-state index contributed by atoms with van der Waals surface area (Å²) < 4.78 is 5.76. The molecule has 2 aromatic rings. The largest absolute Gasteiger partial charge is 0.491 e. The van der Waals surface area contributed by atoms with E-state index in [1.54, 1.807) is 6.07 Å². The van der Waals surface area contributed by atoms with Crippen molar-refractivity contribution in [1.29, 1.82) is 0 Å². The van der Waals surface area contributed by atoms with Gasteiger partial charge in [0.15, 0.2) is 0 Å². The van der Waals surface area contributed by atoms with E-state index in [0.29, 0.717) is 35.3 Å². The van der Waals surface area contributed by atoms with E-state index < -0.39 is 6.04 Å². The van der Waals surface area contributed by atoms with Gasteiger partial charge in [0.1, 0.15) is 18.4 Å². The average molecular weight is 450 g/mol. The number of amides is 2. The van der Waals surface area contributed by atoms with Crippen LogP contribution in [0.1, 0.15) is 23.5 Å². The fourth-order valence-corrected chi connectivity index (χ4v) is 4.19. The van der Waals surface area contributed by atoms with Crippen molar-refractivity contribution < 1.29 is 14.3 Å². The van der Waals surface area contributed by atoms with Crippen molar-refractivity contribution in [3.05, 3.63) is 51.7 Å². The minimum atomic E-state index is -0.519. The van der Waals surface area contributed by atoms with Crippen molar-refractivity contribution in [1.82, 2.24) is 15.1 Å². The first-order valence-corrected chi connectivity index (χ1v) is 11.4. The van der Waals surface area contributed by atoms with Gasteiger partial charge in [-0.25, -0.2) is 0 Å². The van der Waals surface area contributed by atoms with Crippen molar-refractivity contribution in [3.63, 3.8) is 0 Å². The summed E-state index contributed by atoms with van der Waals surface area (Å²) in [7, 11) is 0. The fraction of sp³-hybridized carbons (Fsp3) is 0.455. The van der Waals surface area contributed by atoms with E-state index >= 15 is 0 Å². The molecule has 1 fully saturated rings. The Bertz CT molecular complexity index is 836. The van der Waals surface area contributed by atoms with Crippen LogP contribution >= 0.6 is 22.9 Å². The monoisotopic (exact) mass is 449 g/mol. The topological polar surface area (TPSA) is 61.9 Å². The lowest BCUT2D eigenvalue weighted by molar-refractivity contribution is -0.136. The molecule has 30 heavy (non-hydrogen) atoms. The van der Waals surface area contributed by atoms with Crippen LogP contribution in [-0.2, 0) is 4.79 Å². The Morgan fingerprint density at radius 1 is 1.13 bits per heavy atom. The molecule has 1 aliphatic rings. The molecule has 0 aliphatic carbocycles. The molecule has 1 aromatic carbocycles. The number of hydrogen-bond donors (Lipinski definition) is 1. The molecule has 0 unspecified atom stereocenters. The number of carbonyl (C=O) groups excluding carboxylic acids is 2. The quantitative estimate of drug-likeness (QED) is 0.671. The summed E-state index contributed by atoms with van der Waals surface area (Å²) in [5.74, 6) is 0.506.